The number of hydrogen-bond donors (Lipinski definition) is 3. The molecular weight excluding hydrogens is 458 g/mol. The predicted molar refractivity (Wildman–Crippen MR) is 134 cm³/mol. The van der Waals surface area contributed by atoms with E-state index < -0.39 is 23.1 Å². The molecule has 2 aromatic rings. The first kappa shape index (κ1) is 25.6. The number of rotatable bonds is 5. The van der Waals surface area contributed by atoms with Crippen LogP contribution < -0.4 is 5.32 Å². The summed E-state index contributed by atoms with van der Waals surface area (Å²) in [6, 6.07) is 5.61. The maximum Gasteiger partial charge on any atom is 0.335 e. The Morgan fingerprint density at radius 3 is 2.58 bits per heavy atom. The molecule has 1 saturated heterocycles. The lowest BCUT2D eigenvalue weighted by molar-refractivity contribution is -0.200. The summed E-state index contributed by atoms with van der Waals surface area (Å²) in [5.41, 5.74) is 1.53. The average molecular weight is 492 g/mol. The molecule has 0 radical (unpaired) electrons. The second-order valence-electron chi connectivity index (χ2n) is 11.4. The van der Waals surface area contributed by atoms with E-state index in [1.807, 2.05) is 32.0 Å². The Morgan fingerprint density at radius 2 is 1.97 bits per heavy atom. The van der Waals surface area contributed by atoms with E-state index in [0.29, 0.717) is 24.2 Å². The number of nitrogens with zero attached hydrogens (tertiary/aromatic N) is 3. The Morgan fingerprint density at radius 1 is 1.22 bits per heavy atom. The number of carboxylic acids is 1. The third-order valence-electron chi connectivity index (χ3n) is 7.10. The van der Waals surface area contributed by atoms with Gasteiger partial charge in [0.2, 0.25) is 0 Å². The van der Waals surface area contributed by atoms with Gasteiger partial charge >= 0.3 is 5.97 Å². The maximum atomic E-state index is 12.9. The van der Waals surface area contributed by atoms with Crippen LogP contribution in [0.15, 0.2) is 24.4 Å². The van der Waals surface area contributed by atoms with E-state index in [9.17, 15) is 14.7 Å². The number of anilines is 1. The number of carboxylic acid groups (broad SMARTS) is 1. The Kier molecular flexibility index (Phi) is 6.52. The van der Waals surface area contributed by atoms with Crippen molar-refractivity contribution in [2.45, 2.75) is 83.8 Å². The van der Waals surface area contributed by atoms with Gasteiger partial charge in [-0.15, -0.1) is 0 Å². The maximum absolute atomic E-state index is 12.9. The Balaban J connectivity index is 1.71. The van der Waals surface area contributed by atoms with Crippen molar-refractivity contribution >= 4 is 23.1 Å². The lowest BCUT2D eigenvalue weighted by Crippen LogP contribution is -2.51. The fourth-order valence-corrected chi connectivity index (χ4v) is 5.18. The summed E-state index contributed by atoms with van der Waals surface area (Å²) < 4.78 is 5.95. The highest BCUT2D eigenvalue weighted by atomic mass is 16.5. The van der Waals surface area contributed by atoms with Gasteiger partial charge in [0.05, 0.1) is 23.2 Å². The number of nitriles is 1. The molecule has 3 N–H and O–H groups in total. The first-order chi connectivity index (χ1) is 16.8. The van der Waals surface area contributed by atoms with E-state index in [0.717, 1.165) is 30.5 Å². The second kappa shape index (κ2) is 9.17. The number of hydrogen-bond acceptors (Lipinski definition) is 6. The van der Waals surface area contributed by atoms with Crippen molar-refractivity contribution < 1.29 is 19.4 Å². The minimum atomic E-state index is -1.31. The molecule has 9 heteroatoms. The molecule has 2 aliphatic rings. The van der Waals surface area contributed by atoms with E-state index in [1.165, 1.54) is 6.20 Å². The van der Waals surface area contributed by atoms with Crippen LogP contribution in [-0.4, -0.2) is 43.1 Å². The monoisotopic (exact) mass is 491 g/mol. The largest absolute Gasteiger partial charge is 0.479 e. The van der Waals surface area contributed by atoms with Gasteiger partial charge in [0, 0.05) is 11.6 Å². The minimum absolute atomic E-state index is 0.0451. The zero-order chi connectivity index (χ0) is 26.3. The normalized spacial score (nSPS) is 24.9. The molecular formula is C27H33N5O4. The number of carbonyl (C=O) groups excluding carboxylic acids is 1. The van der Waals surface area contributed by atoms with Crippen molar-refractivity contribution in [3.05, 3.63) is 47.3 Å². The minimum Gasteiger partial charge on any atom is -0.479 e. The SMILES string of the molecule is CC1(C)CC=C(c2nc([C@@H]3CC(C)(C)O[C@@](C)(C(=O)O)C3)ccc2NC(=O)c2ncc(C#N)[nH]2)CC1. The molecule has 0 bridgehead atoms. The van der Waals surface area contributed by atoms with Gasteiger partial charge in [-0.25, -0.2) is 9.78 Å². The molecule has 0 unspecified atom stereocenters. The zero-order valence-electron chi connectivity index (χ0n) is 21.4. The van der Waals surface area contributed by atoms with Crippen LogP contribution in [0.1, 0.15) is 100 Å². The fraction of sp³-hybridized carbons (Fsp3) is 0.519. The van der Waals surface area contributed by atoms with Crippen LogP contribution >= 0.6 is 0 Å². The molecule has 0 spiro atoms. The lowest BCUT2D eigenvalue weighted by atomic mass is 9.77. The van der Waals surface area contributed by atoms with E-state index in [-0.39, 0.29) is 22.9 Å². The number of ether oxygens (including phenoxy) is 1. The topological polar surface area (TPSA) is 141 Å². The van der Waals surface area contributed by atoms with Crippen LogP contribution in [0.25, 0.3) is 5.57 Å². The second-order valence-corrected chi connectivity index (χ2v) is 11.4. The number of amides is 1. The van der Waals surface area contributed by atoms with Crippen molar-refractivity contribution in [1.82, 2.24) is 15.0 Å². The van der Waals surface area contributed by atoms with Crippen LogP contribution in [0.3, 0.4) is 0 Å². The van der Waals surface area contributed by atoms with Crippen molar-refractivity contribution in [2.24, 2.45) is 5.41 Å². The molecule has 0 saturated carbocycles. The van der Waals surface area contributed by atoms with Gasteiger partial charge in [-0.2, -0.15) is 5.26 Å². The molecule has 1 aliphatic carbocycles. The van der Waals surface area contributed by atoms with E-state index in [1.54, 1.807) is 6.92 Å². The highest BCUT2D eigenvalue weighted by Gasteiger charge is 2.48. The molecule has 190 valence electrons. The number of imidazole rings is 1. The number of H-pyrrole nitrogens is 1. The molecule has 0 aromatic carbocycles. The van der Waals surface area contributed by atoms with Crippen LogP contribution in [0.2, 0.25) is 0 Å². The van der Waals surface area contributed by atoms with Gasteiger partial charge in [-0.05, 0) is 76.0 Å². The summed E-state index contributed by atoms with van der Waals surface area (Å²) in [6.45, 7) is 9.88. The molecule has 2 aromatic heterocycles. The van der Waals surface area contributed by atoms with Crippen LogP contribution in [0, 0.1) is 16.7 Å². The molecule has 3 heterocycles. The van der Waals surface area contributed by atoms with Gasteiger partial charge in [0.25, 0.3) is 5.91 Å². The summed E-state index contributed by atoms with van der Waals surface area (Å²) in [7, 11) is 0. The van der Waals surface area contributed by atoms with Gasteiger partial charge in [-0.3, -0.25) is 9.78 Å². The van der Waals surface area contributed by atoms with Crippen molar-refractivity contribution in [1.29, 1.82) is 5.26 Å². The van der Waals surface area contributed by atoms with Gasteiger partial charge in [0.15, 0.2) is 11.4 Å². The highest BCUT2D eigenvalue weighted by molar-refractivity contribution is 6.03. The Hall–Kier alpha value is -3.51. The van der Waals surface area contributed by atoms with E-state index in [2.05, 4.69) is 35.2 Å². The molecule has 9 nitrogen and oxygen atoms in total. The van der Waals surface area contributed by atoms with Crippen LogP contribution in [-0.2, 0) is 9.53 Å². The van der Waals surface area contributed by atoms with E-state index in [4.69, 9.17) is 15.0 Å². The molecule has 1 aliphatic heterocycles. The van der Waals surface area contributed by atoms with Gasteiger partial charge in [0.1, 0.15) is 11.8 Å². The quantitative estimate of drug-likeness (QED) is 0.532. The number of carbonyl (C=O) groups is 2. The summed E-state index contributed by atoms with van der Waals surface area (Å²) in [5, 5.41) is 21.8. The number of nitrogens with one attached hydrogen (secondary N) is 2. The number of aliphatic carboxylic acids is 1. The van der Waals surface area contributed by atoms with E-state index >= 15 is 0 Å². The van der Waals surface area contributed by atoms with Crippen LogP contribution in [0.5, 0.6) is 0 Å². The molecule has 36 heavy (non-hydrogen) atoms. The first-order valence-electron chi connectivity index (χ1n) is 12.2. The Bertz CT molecular complexity index is 1270. The van der Waals surface area contributed by atoms with Gasteiger partial charge in [-0.1, -0.05) is 19.9 Å². The zero-order valence-corrected chi connectivity index (χ0v) is 21.4. The van der Waals surface area contributed by atoms with Gasteiger partial charge < -0.3 is 20.1 Å². The fourth-order valence-electron chi connectivity index (χ4n) is 5.18. The number of aromatic amines is 1. The number of allylic oxidation sites excluding steroid dienone is 2. The lowest BCUT2D eigenvalue weighted by Gasteiger charge is -2.44. The van der Waals surface area contributed by atoms with Crippen LogP contribution in [0.4, 0.5) is 5.69 Å². The van der Waals surface area contributed by atoms with Crippen molar-refractivity contribution in [3.63, 3.8) is 0 Å². The summed E-state index contributed by atoms with van der Waals surface area (Å²) in [4.78, 5) is 36.6. The third-order valence-corrected chi connectivity index (χ3v) is 7.10. The molecule has 1 fully saturated rings. The number of pyridine rings is 1. The van der Waals surface area contributed by atoms with Crippen molar-refractivity contribution in [3.8, 4) is 6.07 Å². The first-order valence-corrected chi connectivity index (χ1v) is 12.2. The summed E-state index contributed by atoms with van der Waals surface area (Å²) in [5.74, 6) is -1.53. The third kappa shape index (κ3) is 5.34. The Labute approximate surface area is 211 Å². The molecule has 2 atom stereocenters. The highest BCUT2D eigenvalue weighted by Crippen LogP contribution is 2.45. The summed E-state index contributed by atoms with van der Waals surface area (Å²) >= 11 is 0. The molecule has 1 amide bonds. The summed E-state index contributed by atoms with van der Waals surface area (Å²) in [6.07, 6.45) is 7.13. The number of aromatic nitrogens is 3. The molecule has 4 rings (SSSR count). The van der Waals surface area contributed by atoms with Crippen molar-refractivity contribution in [2.75, 3.05) is 5.32 Å². The predicted octanol–water partition coefficient (Wildman–Crippen LogP) is 5.04. The smallest absolute Gasteiger partial charge is 0.335 e. The average Bonchev–Trinajstić information content (AvgIpc) is 3.28. The standard InChI is InChI=1S/C27H33N5O4/c1-25(2)10-8-16(9-11-25)21-20(32-23(33)22-29-15-18(14-28)30-22)7-6-19(31-21)17-12-26(3,4)36-27(5,13-17)24(34)35/h6-8,15,17H,9-13H2,1-5H3,(H,29,30)(H,32,33)(H,34,35)/t17-,27-/m1/s1.